The van der Waals surface area contributed by atoms with Crippen molar-refractivity contribution in [1.82, 2.24) is 4.57 Å². The summed E-state index contributed by atoms with van der Waals surface area (Å²) in [6.07, 6.45) is 4.88. The summed E-state index contributed by atoms with van der Waals surface area (Å²) in [6.45, 7) is 1.92. The molecule has 1 heterocycles. The number of pyridine rings is 1. The molecule has 1 aliphatic carbocycles. The molecule has 1 N–H and O–H groups in total. The Kier molecular flexibility index (Phi) is 3.05. The Balaban J connectivity index is 2.59. The number of carboxylic acid groups (broad SMARTS) is 1. The summed E-state index contributed by atoms with van der Waals surface area (Å²) in [6, 6.07) is 4.78. The van der Waals surface area contributed by atoms with E-state index in [2.05, 4.69) is 0 Å². The van der Waals surface area contributed by atoms with Gasteiger partial charge in [-0.15, -0.1) is 0 Å². The second-order valence-corrected chi connectivity index (χ2v) is 4.79. The highest BCUT2D eigenvalue weighted by Gasteiger charge is 2.47. The van der Waals surface area contributed by atoms with E-state index in [4.69, 9.17) is 0 Å². The minimum absolute atomic E-state index is 0.0196. The van der Waals surface area contributed by atoms with Crippen molar-refractivity contribution in [3.05, 3.63) is 34.7 Å². The normalized spacial score (nSPS) is 28.9. The van der Waals surface area contributed by atoms with Crippen molar-refractivity contribution >= 4 is 5.97 Å². The van der Waals surface area contributed by atoms with Gasteiger partial charge in [0.2, 0.25) is 0 Å². The standard InChI is InChI=1S/C13H17NO3/c1-10-6-2-4-8-13(10,12(16)17)14-9-5-3-7-11(14)15/h3,5,7,9-10H,2,4,6,8H2,1H3,(H,16,17). The van der Waals surface area contributed by atoms with Crippen molar-refractivity contribution < 1.29 is 9.90 Å². The maximum Gasteiger partial charge on any atom is 0.330 e. The maximum absolute atomic E-state index is 11.9. The van der Waals surface area contributed by atoms with E-state index in [1.807, 2.05) is 6.92 Å². The van der Waals surface area contributed by atoms with E-state index in [0.29, 0.717) is 6.42 Å². The van der Waals surface area contributed by atoms with Crippen molar-refractivity contribution in [1.29, 1.82) is 0 Å². The van der Waals surface area contributed by atoms with E-state index < -0.39 is 11.5 Å². The van der Waals surface area contributed by atoms with Crippen LogP contribution in [0.4, 0.5) is 0 Å². The molecule has 0 amide bonds. The van der Waals surface area contributed by atoms with Gasteiger partial charge in [0.25, 0.3) is 5.56 Å². The van der Waals surface area contributed by atoms with Crippen LogP contribution in [0.5, 0.6) is 0 Å². The first-order chi connectivity index (χ1) is 8.09. The summed E-state index contributed by atoms with van der Waals surface area (Å²) >= 11 is 0. The summed E-state index contributed by atoms with van der Waals surface area (Å²) in [5, 5.41) is 9.58. The maximum atomic E-state index is 11.9. The molecule has 0 spiro atoms. The van der Waals surface area contributed by atoms with Gasteiger partial charge in [-0.05, 0) is 24.8 Å². The van der Waals surface area contributed by atoms with Crippen LogP contribution in [0, 0.1) is 5.92 Å². The number of carboxylic acids is 1. The first-order valence-corrected chi connectivity index (χ1v) is 6.00. The second kappa shape index (κ2) is 4.35. The topological polar surface area (TPSA) is 59.3 Å². The summed E-state index contributed by atoms with van der Waals surface area (Å²) in [5.41, 5.74) is -1.29. The minimum Gasteiger partial charge on any atom is -0.479 e. The highest BCUT2D eigenvalue weighted by molar-refractivity contribution is 5.77. The van der Waals surface area contributed by atoms with Gasteiger partial charge < -0.3 is 5.11 Å². The molecule has 4 nitrogen and oxygen atoms in total. The molecule has 1 fully saturated rings. The van der Waals surface area contributed by atoms with E-state index in [1.54, 1.807) is 18.3 Å². The molecule has 2 atom stereocenters. The lowest BCUT2D eigenvalue weighted by atomic mass is 9.73. The van der Waals surface area contributed by atoms with E-state index in [1.165, 1.54) is 10.6 Å². The molecule has 1 aromatic heterocycles. The van der Waals surface area contributed by atoms with Crippen molar-refractivity contribution in [2.45, 2.75) is 38.1 Å². The molecule has 1 aromatic rings. The van der Waals surface area contributed by atoms with Crippen molar-refractivity contribution in [2.75, 3.05) is 0 Å². The Morgan fingerprint density at radius 3 is 2.82 bits per heavy atom. The number of rotatable bonds is 2. The Morgan fingerprint density at radius 2 is 2.24 bits per heavy atom. The fraction of sp³-hybridized carbons (Fsp3) is 0.538. The quantitative estimate of drug-likeness (QED) is 0.850. The molecule has 2 unspecified atom stereocenters. The molecule has 0 aliphatic heterocycles. The van der Waals surface area contributed by atoms with Gasteiger partial charge in [0.15, 0.2) is 0 Å². The molecule has 92 valence electrons. The highest BCUT2D eigenvalue weighted by Crippen LogP contribution is 2.39. The average molecular weight is 235 g/mol. The number of nitrogens with zero attached hydrogens (tertiary/aromatic N) is 1. The van der Waals surface area contributed by atoms with Crippen molar-refractivity contribution in [2.24, 2.45) is 5.92 Å². The zero-order valence-electron chi connectivity index (χ0n) is 9.93. The Bertz CT molecular complexity index is 480. The van der Waals surface area contributed by atoms with Crippen LogP contribution in [-0.4, -0.2) is 15.6 Å². The predicted molar refractivity (Wildman–Crippen MR) is 63.9 cm³/mol. The molecular weight excluding hydrogens is 218 g/mol. The van der Waals surface area contributed by atoms with Gasteiger partial charge in [-0.1, -0.05) is 25.8 Å². The van der Waals surface area contributed by atoms with Crippen LogP contribution in [0.1, 0.15) is 32.6 Å². The molecule has 1 aliphatic rings. The van der Waals surface area contributed by atoms with Gasteiger partial charge in [0.05, 0.1) is 0 Å². The van der Waals surface area contributed by atoms with Crippen LogP contribution in [0.25, 0.3) is 0 Å². The van der Waals surface area contributed by atoms with Gasteiger partial charge >= 0.3 is 5.97 Å². The third-order valence-electron chi connectivity index (χ3n) is 3.88. The molecule has 0 aromatic carbocycles. The Hall–Kier alpha value is -1.58. The highest BCUT2D eigenvalue weighted by atomic mass is 16.4. The van der Waals surface area contributed by atoms with Crippen LogP contribution in [0.3, 0.4) is 0 Å². The molecule has 0 saturated heterocycles. The average Bonchev–Trinajstić information content (AvgIpc) is 2.30. The van der Waals surface area contributed by atoms with Gasteiger partial charge in [-0.3, -0.25) is 9.36 Å². The zero-order valence-corrected chi connectivity index (χ0v) is 9.93. The van der Waals surface area contributed by atoms with Crippen LogP contribution in [0.2, 0.25) is 0 Å². The van der Waals surface area contributed by atoms with Crippen LogP contribution < -0.4 is 5.56 Å². The largest absolute Gasteiger partial charge is 0.479 e. The predicted octanol–water partition coefficient (Wildman–Crippen LogP) is 1.84. The van der Waals surface area contributed by atoms with Gasteiger partial charge in [-0.25, -0.2) is 4.79 Å². The van der Waals surface area contributed by atoms with E-state index in [9.17, 15) is 14.7 Å². The number of aliphatic carboxylic acids is 1. The van der Waals surface area contributed by atoms with E-state index in [-0.39, 0.29) is 11.5 Å². The third kappa shape index (κ3) is 1.77. The summed E-state index contributed by atoms with van der Waals surface area (Å²) in [7, 11) is 0. The SMILES string of the molecule is CC1CCCCC1(C(=O)O)n1ccccc1=O. The fourth-order valence-electron chi connectivity index (χ4n) is 2.87. The van der Waals surface area contributed by atoms with Crippen molar-refractivity contribution in [3.63, 3.8) is 0 Å². The van der Waals surface area contributed by atoms with Crippen LogP contribution >= 0.6 is 0 Å². The summed E-state index contributed by atoms with van der Waals surface area (Å²) in [4.78, 5) is 23.6. The molecule has 0 bridgehead atoms. The third-order valence-corrected chi connectivity index (χ3v) is 3.88. The second-order valence-electron chi connectivity index (χ2n) is 4.79. The van der Waals surface area contributed by atoms with Crippen LogP contribution in [0.15, 0.2) is 29.2 Å². The van der Waals surface area contributed by atoms with Crippen molar-refractivity contribution in [3.8, 4) is 0 Å². The van der Waals surface area contributed by atoms with Crippen LogP contribution in [-0.2, 0) is 10.3 Å². The lowest BCUT2D eigenvalue weighted by Gasteiger charge is -2.40. The first kappa shape index (κ1) is 11.9. The van der Waals surface area contributed by atoms with E-state index in [0.717, 1.165) is 19.3 Å². The number of carbonyl (C=O) groups is 1. The number of hydrogen-bond donors (Lipinski definition) is 1. The van der Waals surface area contributed by atoms with Gasteiger partial charge in [0, 0.05) is 12.3 Å². The molecule has 1 saturated carbocycles. The van der Waals surface area contributed by atoms with E-state index >= 15 is 0 Å². The molecular formula is C13H17NO3. The molecule has 0 radical (unpaired) electrons. The monoisotopic (exact) mass is 235 g/mol. The smallest absolute Gasteiger partial charge is 0.330 e. The van der Waals surface area contributed by atoms with Gasteiger partial charge in [0.1, 0.15) is 5.54 Å². The number of hydrogen-bond acceptors (Lipinski definition) is 2. The lowest BCUT2D eigenvalue weighted by molar-refractivity contribution is -0.153. The minimum atomic E-state index is -1.06. The molecule has 2 rings (SSSR count). The summed E-state index contributed by atoms with van der Waals surface area (Å²) in [5.74, 6) is -0.910. The zero-order chi connectivity index (χ0) is 12.5. The molecule has 4 heteroatoms. The Morgan fingerprint density at radius 1 is 1.47 bits per heavy atom. The lowest BCUT2D eigenvalue weighted by Crippen LogP contribution is -2.53. The fourth-order valence-corrected chi connectivity index (χ4v) is 2.87. The first-order valence-electron chi connectivity index (χ1n) is 6.00. The van der Waals surface area contributed by atoms with Gasteiger partial charge in [-0.2, -0.15) is 0 Å². The number of aromatic nitrogens is 1. The molecule has 17 heavy (non-hydrogen) atoms. The summed E-state index contributed by atoms with van der Waals surface area (Å²) < 4.78 is 1.40. The Labute approximate surface area is 99.9 Å².